The molecule has 29 heavy (non-hydrogen) atoms. The summed E-state index contributed by atoms with van der Waals surface area (Å²) in [6.45, 7) is 1.11. The van der Waals surface area contributed by atoms with Gasteiger partial charge in [-0.1, -0.05) is 48.5 Å². The van der Waals surface area contributed by atoms with Crippen LogP contribution in [0.4, 0.5) is 4.39 Å². The van der Waals surface area contributed by atoms with Gasteiger partial charge in [0.2, 0.25) is 5.95 Å². The van der Waals surface area contributed by atoms with E-state index in [0.717, 1.165) is 29.3 Å². The van der Waals surface area contributed by atoms with E-state index in [9.17, 15) is 9.18 Å². The standard InChI is InChI=1S/C23H19FN4O/c24-22-13-19(9-10-26-22)23(29)27-14-20-3-1-2-4-21(20)18-7-5-17(6-8-18)15-28-12-11-25-16-28/h1-13,16H,14-15H2,(H,27,29). The lowest BCUT2D eigenvalue weighted by Gasteiger charge is -2.12. The van der Waals surface area contributed by atoms with Crippen LogP contribution in [-0.4, -0.2) is 20.4 Å². The van der Waals surface area contributed by atoms with Crippen LogP contribution in [0, 0.1) is 5.95 Å². The van der Waals surface area contributed by atoms with E-state index in [4.69, 9.17) is 0 Å². The van der Waals surface area contributed by atoms with Gasteiger partial charge in [0, 0.05) is 43.3 Å². The molecule has 0 aliphatic rings. The third-order valence-electron chi connectivity index (χ3n) is 4.63. The van der Waals surface area contributed by atoms with Gasteiger partial charge in [0.15, 0.2) is 0 Å². The fraction of sp³-hybridized carbons (Fsp3) is 0.0870. The van der Waals surface area contributed by atoms with Crippen LogP contribution in [0.1, 0.15) is 21.5 Å². The quantitative estimate of drug-likeness (QED) is 0.509. The molecular formula is C23H19FN4O. The zero-order valence-corrected chi connectivity index (χ0v) is 15.6. The number of aromatic nitrogens is 3. The normalized spacial score (nSPS) is 10.7. The third-order valence-corrected chi connectivity index (χ3v) is 4.63. The summed E-state index contributed by atoms with van der Waals surface area (Å²) in [5, 5.41) is 2.85. The second kappa shape index (κ2) is 8.48. The van der Waals surface area contributed by atoms with Gasteiger partial charge in [-0.3, -0.25) is 4.79 Å². The highest BCUT2D eigenvalue weighted by molar-refractivity contribution is 5.94. The van der Waals surface area contributed by atoms with Gasteiger partial charge in [-0.05, 0) is 28.3 Å². The van der Waals surface area contributed by atoms with Crippen LogP contribution in [-0.2, 0) is 13.1 Å². The van der Waals surface area contributed by atoms with Crippen molar-refractivity contribution in [1.82, 2.24) is 19.9 Å². The van der Waals surface area contributed by atoms with Crippen molar-refractivity contribution in [3.8, 4) is 11.1 Å². The Morgan fingerprint density at radius 3 is 2.62 bits per heavy atom. The first-order valence-corrected chi connectivity index (χ1v) is 9.22. The van der Waals surface area contributed by atoms with Crippen molar-refractivity contribution >= 4 is 5.91 Å². The minimum Gasteiger partial charge on any atom is -0.348 e. The minimum absolute atomic E-state index is 0.249. The Balaban J connectivity index is 1.48. The lowest BCUT2D eigenvalue weighted by molar-refractivity contribution is 0.0950. The average molecular weight is 386 g/mol. The van der Waals surface area contributed by atoms with E-state index in [1.165, 1.54) is 17.8 Å². The fourth-order valence-corrected chi connectivity index (χ4v) is 3.16. The summed E-state index contributed by atoms with van der Waals surface area (Å²) in [6.07, 6.45) is 6.77. The van der Waals surface area contributed by atoms with Crippen LogP contribution in [0.15, 0.2) is 85.6 Å². The summed E-state index contributed by atoms with van der Waals surface area (Å²) in [5.41, 5.74) is 4.52. The Morgan fingerprint density at radius 2 is 1.86 bits per heavy atom. The monoisotopic (exact) mass is 386 g/mol. The number of hydrogen-bond donors (Lipinski definition) is 1. The van der Waals surface area contributed by atoms with Gasteiger partial charge in [-0.2, -0.15) is 4.39 Å². The van der Waals surface area contributed by atoms with Crippen LogP contribution in [0.25, 0.3) is 11.1 Å². The number of benzene rings is 2. The zero-order valence-electron chi connectivity index (χ0n) is 15.6. The molecule has 1 N–H and O–H groups in total. The predicted molar refractivity (Wildman–Crippen MR) is 109 cm³/mol. The Kier molecular flexibility index (Phi) is 5.42. The number of nitrogens with zero attached hydrogens (tertiary/aromatic N) is 3. The molecule has 0 bridgehead atoms. The number of amides is 1. The lowest BCUT2D eigenvalue weighted by Crippen LogP contribution is -2.23. The van der Waals surface area contributed by atoms with Gasteiger partial charge in [0.1, 0.15) is 0 Å². The average Bonchev–Trinajstić information content (AvgIpc) is 3.26. The van der Waals surface area contributed by atoms with Crippen LogP contribution in [0.5, 0.6) is 0 Å². The summed E-state index contributed by atoms with van der Waals surface area (Å²) >= 11 is 0. The molecule has 0 saturated carbocycles. The molecule has 2 aromatic heterocycles. The summed E-state index contributed by atoms with van der Waals surface area (Å²) < 4.78 is 15.2. The number of imidazole rings is 1. The second-order valence-corrected chi connectivity index (χ2v) is 6.64. The van der Waals surface area contributed by atoms with Crippen LogP contribution >= 0.6 is 0 Å². The van der Waals surface area contributed by atoms with E-state index in [1.54, 1.807) is 12.5 Å². The Morgan fingerprint density at radius 1 is 1.03 bits per heavy atom. The summed E-state index contributed by atoms with van der Waals surface area (Å²) in [5.74, 6) is -1.01. The molecule has 0 fully saturated rings. The van der Waals surface area contributed by atoms with Gasteiger partial charge in [-0.25, -0.2) is 9.97 Å². The number of carbonyl (C=O) groups excluding carboxylic acids is 1. The molecular weight excluding hydrogens is 367 g/mol. The molecule has 0 unspecified atom stereocenters. The molecule has 6 heteroatoms. The van der Waals surface area contributed by atoms with E-state index in [-0.39, 0.29) is 11.5 Å². The van der Waals surface area contributed by atoms with Crippen molar-refractivity contribution in [2.75, 3.05) is 0 Å². The van der Waals surface area contributed by atoms with Crippen LogP contribution in [0.3, 0.4) is 0 Å². The molecule has 2 aromatic carbocycles. The molecule has 2 heterocycles. The summed E-state index contributed by atoms with van der Waals surface area (Å²) in [7, 11) is 0. The lowest BCUT2D eigenvalue weighted by atomic mass is 9.98. The molecule has 4 rings (SSSR count). The molecule has 0 saturated heterocycles. The Labute approximate surface area is 167 Å². The highest BCUT2D eigenvalue weighted by Crippen LogP contribution is 2.24. The Bertz CT molecular complexity index is 1110. The maximum atomic E-state index is 13.2. The number of pyridine rings is 1. The smallest absolute Gasteiger partial charge is 0.251 e. The summed E-state index contributed by atoms with van der Waals surface area (Å²) in [6, 6.07) is 18.8. The van der Waals surface area contributed by atoms with Crippen molar-refractivity contribution in [3.05, 3.63) is 108 Å². The van der Waals surface area contributed by atoms with E-state index >= 15 is 0 Å². The van der Waals surface area contributed by atoms with E-state index in [0.29, 0.717) is 6.54 Å². The largest absolute Gasteiger partial charge is 0.348 e. The molecule has 0 radical (unpaired) electrons. The van der Waals surface area contributed by atoms with E-state index in [2.05, 4.69) is 39.6 Å². The molecule has 4 aromatic rings. The van der Waals surface area contributed by atoms with Gasteiger partial charge >= 0.3 is 0 Å². The minimum atomic E-state index is -0.672. The summed E-state index contributed by atoms with van der Waals surface area (Å²) in [4.78, 5) is 19.8. The molecule has 1 amide bonds. The topological polar surface area (TPSA) is 59.8 Å². The van der Waals surface area contributed by atoms with E-state index < -0.39 is 5.95 Å². The van der Waals surface area contributed by atoms with Crippen LogP contribution < -0.4 is 5.32 Å². The van der Waals surface area contributed by atoms with Crippen molar-refractivity contribution in [2.24, 2.45) is 0 Å². The zero-order chi connectivity index (χ0) is 20.1. The van der Waals surface area contributed by atoms with Crippen molar-refractivity contribution in [1.29, 1.82) is 0 Å². The molecule has 0 aliphatic heterocycles. The molecule has 144 valence electrons. The first-order chi connectivity index (χ1) is 14.2. The second-order valence-electron chi connectivity index (χ2n) is 6.64. The predicted octanol–water partition coefficient (Wildman–Crippen LogP) is 4.06. The van der Waals surface area contributed by atoms with Gasteiger partial charge in [-0.15, -0.1) is 0 Å². The highest BCUT2D eigenvalue weighted by Gasteiger charge is 2.09. The maximum absolute atomic E-state index is 13.2. The van der Waals surface area contributed by atoms with Crippen molar-refractivity contribution < 1.29 is 9.18 Å². The molecule has 5 nitrogen and oxygen atoms in total. The molecule has 0 atom stereocenters. The number of halogens is 1. The van der Waals surface area contributed by atoms with Crippen LogP contribution in [0.2, 0.25) is 0 Å². The van der Waals surface area contributed by atoms with Gasteiger partial charge in [0.25, 0.3) is 5.91 Å². The maximum Gasteiger partial charge on any atom is 0.251 e. The first-order valence-electron chi connectivity index (χ1n) is 9.22. The fourth-order valence-electron chi connectivity index (χ4n) is 3.16. The van der Waals surface area contributed by atoms with Gasteiger partial charge in [0.05, 0.1) is 6.33 Å². The van der Waals surface area contributed by atoms with Crippen molar-refractivity contribution in [2.45, 2.75) is 13.1 Å². The number of nitrogens with one attached hydrogen (secondary N) is 1. The Hall–Kier alpha value is -3.80. The van der Waals surface area contributed by atoms with Gasteiger partial charge < -0.3 is 9.88 Å². The third kappa shape index (κ3) is 4.55. The highest BCUT2D eigenvalue weighted by atomic mass is 19.1. The van der Waals surface area contributed by atoms with E-state index in [1.807, 2.05) is 35.0 Å². The first kappa shape index (κ1) is 18.6. The number of carbonyl (C=O) groups is 1. The SMILES string of the molecule is O=C(NCc1ccccc1-c1ccc(Cn2ccnc2)cc1)c1ccnc(F)c1. The van der Waals surface area contributed by atoms with Crippen molar-refractivity contribution in [3.63, 3.8) is 0 Å². The molecule has 0 aliphatic carbocycles. The molecule has 0 spiro atoms. The number of rotatable bonds is 6. The number of hydrogen-bond acceptors (Lipinski definition) is 3.